The van der Waals surface area contributed by atoms with E-state index in [-0.39, 0.29) is 0 Å². The maximum atomic E-state index is 4.51. The zero-order valence-electron chi connectivity index (χ0n) is 11.5. The van der Waals surface area contributed by atoms with Gasteiger partial charge in [-0.1, -0.05) is 0 Å². The highest BCUT2D eigenvalue weighted by molar-refractivity contribution is 9.10. The van der Waals surface area contributed by atoms with E-state index in [4.69, 9.17) is 0 Å². The highest BCUT2D eigenvalue weighted by atomic mass is 79.9. The molecule has 1 N–H and O–H groups in total. The lowest BCUT2D eigenvalue weighted by molar-refractivity contribution is 0.299. The summed E-state index contributed by atoms with van der Waals surface area (Å²) in [5.41, 5.74) is 2.34. The molecule has 2 heterocycles. The number of rotatable bonds is 5. The highest BCUT2D eigenvalue weighted by Crippen LogP contribution is 2.21. The maximum absolute atomic E-state index is 4.51. The Morgan fingerprint density at radius 3 is 2.89 bits per heavy atom. The van der Waals surface area contributed by atoms with Gasteiger partial charge in [-0.25, -0.2) is 0 Å². The average molecular weight is 315 g/mol. The van der Waals surface area contributed by atoms with Crippen molar-refractivity contribution >= 4 is 15.9 Å². The molecule has 1 aromatic heterocycles. The van der Waals surface area contributed by atoms with Crippen LogP contribution < -0.4 is 5.32 Å². The van der Waals surface area contributed by atoms with Crippen molar-refractivity contribution in [1.82, 2.24) is 20.0 Å². The fourth-order valence-corrected chi connectivity index (χ4v) is 3.06. The molecule has 0 saturated carbocycles. The van der Waals surface area contributed by atoms with Gasteiger partial charge in [0.2, 0.25) is 0 Å². The van der Waals surface area contributed by atoms with Crippen molar-refractivity contribution in [2.45, 2.75) is 45.8 Å². The van der Waals surface area contributed by atoms with Gasteiger partial charge in [0.15, 0.2) is 0 Å². The Hall–Kier alpha value is -0.390. The third-order valence-electron chi connectivity index (χ3n) is 3.80. The zero-order chi connectivity index (χ0) is 13.1. The topological polar surface area (TPSA) is 33.1 Å². The Balaban J connectivity index is 1.90. The zero-order valence-corrected chi connectivity index (χ0v) is 13.1. The van der Waals surface area contributed by atoms with E-state index < -0.39 is 0 Å². The van der Waals surface area contributed by atoms with Crippen LogP contribution in [0.3, 0.4) is 0 Å². The minimum absolute atomic E-state index is 0.697. The van der Waals surface area contributed by atoms with Crippen LogP contribution >= 0.6 is 15.9 Å². The molecule has 0 radical (unpaired) electrons. The number of likely N-dealkylation sites (tertiary alicyclic amines) is 1. The van der Waals surface area contributed by atoms with Crippen LogP contribution in [0.2, 0.25) is 0 Å². The Kier molecular flexibility index (Phi) is 4.81. The Morgan fingerprint density at radius 1 is 1.50 bits per heavy atom. The normalized spacial score (nSPS) is 20.8. The molecule has 0 aliphatic carbocycles. The van der Waals surface area contributed by atoms with E-state index in [1.54, 1.807) is 0 Å². The summed E-state index contributed by atoms with van der Waals surface area (Å²) in [6.07, 6.45) is 2.65. The second-order valence-electron chi connectivity index (χ2n) is 5.07. The summed E-state index contributed by atoms with van der Waals surface area (Å²) in [5.74, 6) is 0. The summed E-state index contributed by atoms with van der Waals surface area (Å²) in [7, 11) is 2.22. The van der Waals surface area contributed by atoms with E-state index in [9.17, 15) is 0 Å². The van der Waals surface area contributed by atoms with E-state index in [0.717, 1.165) is 29.8 Å². The number of hydrogen-bond donors (Lipinski definition) is 1. The smallest absolute Gasteiger partial charge is 0.0739 e. The van der Waals surface area contributed by atoms with Crippen molar-refractivity contribution in [2.75, 3.05) is 20.1 Å². The minimum atomic E-state index is 0.697. The third kappa shape index (κ3) is 2.95. The highest BCUT2D eigenvalue weighted by Gasteiger charge is 2.20. The third-order valence-corrected chi connectivity index (χ3v) is 4.83. The molecular weight excluding hydrogens is 292 g/mol. The van der Waals surface area contributed by atoms with Gasteiger partial charge >= 0.3 is 0 Å². The summed E-state index contributed by atoms with van der Waals surface area (Å²) in [6, 6.07) is 0.697. The molecule has 0 amide bonds. The van der Waals surface area contributed by atoms with Gasteiger partial charge in [-0.05, 0) is 56.2 Å². The maximum Gasteiger partial charge on any atom is 0.0739 e. The van der Waals surface area contributed by atoms with E-state index in [1.165, 1.54) is 25.1 Å². The molecule has 18 heavy (non-hydrogen) atoms. The van der Waals surface area contributed by atoms with E-state index >= 15 is 0 Å². The molecule has 0 bridgehead atoms. The van der Waals surface area contributed by atoms with Crippen molar-refractivity contribution in [3.8, 4) is 0 Å². The molecule has 1 atom stereocenters. The van der Waals surface area contributed by atoms with Crippen LogP contribution in [-0.4, -0.2) is 40.9 Å². The fourth-order valence-electron chi connectivity index (χ4n) is 2.63. The quantitative estimate of drug-likeness (QED) is 0.904. The van der Waals surface area contributed by atoms with Crippen LogP contribution in [0.4, 0.5) is 0 Å². The van der Waals surface area contributed by atoms with E-state index in [0.29, 0.717) is 6.04 Å². The summed E-state index contributed by atoms with van der Waals surface area (Å²) < 4.78 is 3.22. The van der Waals surface area contributed by atoms with E-state index in [2.05, 4.69) is 49.9 Å². The van der Waals surface area contributed by atoms with Crippen molar-refractivity contribution < 1.29 is 0 Å². The number of hydrogen-bond acceptors (Lipinski definition) is 3. The second-order valence-corrected chi connectivity index (χ2v) is 5.86. The molecular formula is C13H23BrN4. The summed E-state index contributed by atoms with van der Waals surface area (Å²) in [5, 5.41) is 8.08. The predicted octanol–water partition coefficient (Wildman–Crippen LogP) is 2.16. The second kappa shape index (κ2) is 6.17. The minimum Gasteiger partial charge on any atom is -0.310 e. The van der Waals surface area contributed by atoms with Crippen LogP contribution in [0.15, 0.2) is 4.47 Å². The molecule has 102 valence electrons. The molecule has 4 nitrogen and oxygen atoms in total. The van der Waals surface area contributed by atoms with Crippen LogP contribution in [0, 0.1) is 6.92 Å². The SMILES string of the molecule is CCn1nc(C)c(Br)c1CNCC1CCCN1C. The van der Waals surface area contributed by atoms with Gasteiger partial charge in [-0.15, -0.1) is 0 Å². The fraction of sp³-hybridized carbons (Fsp3) is 0.769. The monoisotopic (exact) mass is 314 g/mol. The largest absolute Gasteiger partial charge is 0.310 e. The number of nitrogens with zero attached hydrogens (tertiary/aromatic N) is 3. The van der Waals surface area contributed by atoms with Crippen molar-refractivity contribution in [3.63, 3.8) is 0 Å². The number of aryl methyl sites for hydroxylation is 2. The first kappa shape index (κ1) is 14.0. The van der Waals surface area contributed by atoms with Gasteiger partial charge < -0.3 is 10.2 Å². The molecule has 2 rings (SSSR count). The Labute approximate surface area is 118 Å². The number of nitrogens with one attached hydrogen (secondary N) is 1. The molecule has 1 aliphatic rings. The van der Waals surface area contributed by atoms with Crippen LogP contribution in [0.1, 0.15) is 31.2 Å². The molecule has 0 spiro atoms. The van der Waals surface area contributed by atoms with Gasteiger partial charge in [-0.3, -0.25) is 4.68 Å². The van der Waals surface area contributed by atoms with Gasteiger partial charge in [-0.2, -0.15) is 5.10 Å². The number of aromatic nitrogens is 2. The molecule has 0 aromatic carbocycles. The predicted molar refractivity (Wildman–Crippen MR) is 77.7 cm³/mol. The van der Waals surface area contributed by atoms with E-state index in [1.807, 2.05) is 6.92 Å². The molecule has 1 aliphatic heterocycles. The Bertz CT molecular complexity index is 402. The lowest BCUT2D eigenvalue weighted by atomic mass is 10.2. The molecule has 1 unspecified atom stereocenters. The van der Waals surface area contributed by atoms with Gasteiger partial charge in [0, 0.05) is 25.7 Å². The summed E-state index contributed by atoms with van der Waals surface area (Å²) >= 11 is 3.63. The summed E-state index contributed by atoms with van der Waals surface area (Å²) in [6.45, 7) is 8.29. The van der Waals surface area contributed by atoms with Crippen molar-refractivity contribution in [2.24, 2.45) is 0 Å². The first-order valence-corrected chi connectivity index (χ1v) is 7.55. The van der Waals surface area contributed by atoms with Gasteiger partial charge in [0.1, 0.15) is 0 Å². The number of likely N-dealkylation sites (N-methyl/N-ethyl adjacent to an activating group) is 1. The molecule has 5 heteroatoms. The first-order chi connectivity index (χ1) is 8.63. The Morgan fingerprint density at radius 2 is 2.28 bits per heavy atom. The standard InChI is InChI=1S/C13H23BrN4/c1-4-18-12(13(14)10(2)16-18)9-15-8-11-6-5-7-17(11)3/h11,15H,4-9H2,1-3H3. The van der Waals surface area contributed by atoms with Gasteiger partial charge in [0.25, 0.3) is 0 Å². The van der Waals surface area contributed by atoms with Gasteiger partial charge in [0.05, 0.1) is 15.9 Å². The van der Waals surface area contributed by atoms with Crippen LogP contribution in [-0.2, 0) is 13.1 Å². The van der Waals surface area contributed by atoms with Crippen LogP contribution in [0.25, 0.3) is 0 Å². The molecule has 1 saturated heterocycles. The lowest BCUT2D eigenvalue weighted by Crippen LogP contribution is -2.35. The molecule has 1 aromatic rings. The molecule has 1 fully saturated rings. The average Bonchev–Trinajstić information content (AvgIpc) is 2.87. The summed E-state index contributed by atoms with van der Waals surface area (Å²) in [4.78, 5) is 2.45. The van der Waals surface area contributed by atoms with Crippen molar-refractivity contribution in [1.29, 1.82) is 0 Å². The lowest BCUT2D eigenvalue weighted by Gasteiger charge is -2.19. The first-order valence-electron chi connectivity index (χ1n) is 6.76. The van der Waals surface area contributed by atoms with Crippen molar-refractivity contribution in [3.05, 3.63) is 15.9 Å². The number of halogens is 1. The van der Waals surface area contributed by atoms with Crippen LogP contribution in [0.5, 0.6) is 0 Å².